The smallest absolute Gasteiger partial charge is 0.231 e. The summed E-state index contributed by atoms with van der Waals surface area (Å²) in [5.41, 5.74) is 5.87. The number of hydrogen-bond acceptors (Lipinski definition) is 4. The van der Waals surface area contributed by atoms with E-state index in [1.54, 1.807) is 0 Å². The van der Waals surface area contributed by atoms with Crippen LogP contribution in [0, 0.1) is 11.6 Å². The largest absolute Gasteiger partial charge is 0.339 e. The van der Waals surface area contributed by atoms with E-state index in [1.165, 1.54) is 12.1 Å². The number of hydrogen-bond donors (Lipinski definition) is 1. The summed E-state index contributed by atoms with van der Waals surface area (Å²) in [6.45, 7) is 0. The van der Waals surface area contributed by atoms with Crippen molar-refractivity contribution < 1.29 is 13.3 Å². The Morgan fingerprint density at radius 2 is 1.95 bits per heavy atom. The molecular weight excluding hydrogens is 300 g/mol. The third-order valence-corrected chi connectivity index (χ3v) is 3.78. The molecule has 0 atom stereocenters. The second-order valence-corrected chi connectivity index (χ2v) is 5.26. The lowest BCUT2D eigenvalue weighted by Gasteiger charge is -2.17. The van der Waals surface area contributed by atoms with Crippen molar-refractivity contribution in [1.29, 1.82) is 0 Å². The van der Waals surface area contributed by atoms with E-state index in [0.717, 1.165) is 31.7 Å². The number of rotatable bonds is 3. The molecule has 1 aliphatic carbocycles. The summed E-state index contributed by atoms with van der Waals surface area (Å²) < 4.78 is 31.8. The molecular formula is C14H16ClF2N3O. The molecule has 0 unspecified atom stereocenters. The van der Waals surface area contributed by atoms with Gasteiger partial charge in [-0.3, -0.25) is 0 Å². The fourth-order valence-corrected chi connectivity index (χ4v) is 2.61. The van der Waals surface area contributed by atoms with Crippen molar-refractivity contribution in [3.05, 3.63) is 47.1 Å². The lowest BCUT2D eigenvalue weighted by Crippen LogP contribution is -2.34. The molecule has 1 heterocycles. The highest BCUT2D eigenvalue weighted by molar-refractivity contribution is 5.85. The number of benzene rings is 1. The molecule has 3 rings (SSSR count). The summed E-state index contributed by atoms with van der Waals surface area (Å²) in [6.07, 6.45) is 3.78. The molecule has 2 aromatic rings. The average molecular weight is 316 g/mol. The zero-order valence-corrected chi connectivity index (χ0v) is 12.1. The quantitative estimate of drug-likeness (QED) is 0.945. The van der Waals surface area contributed by atoms with Crippen LogP contribution in [-0.2, 0) is 12.0 Å². The Bertz CT molecular complexity index is 626. The van der Waals surface area contributed by atoms with Crippen LogP contribution in [-0.4, -0.2) is 10.1 Å². The standard InChI is InChI=1S/C14H15F2N3O.ClH/c15-10-5-3-4-9(12(10)16)8-11-18-13(19-20-11)14(17)6-1-2-7-14;/h3-5H,1-2,6-8,17H2;1H. The maximum absolute atomic E-state index is 13.6. The fourth-order valence-electron chi connectivity index (χ4n) is 2.61. The van der Waals surface area contributed by atoms with Crippen molar-refractivity contribution >= 4 is 12.4 Å². The molecule has 0 spiro atoms. The Morgan fingerprint density at radius 3 is 2.67 bits per heavy atom. The molecule has 21 heavy (non-hydrogen) atoms. The number of nitrogens with zero attached hydrogens (tertiary/aromatic N) is 2. The van der Waals surface area contributed by atoms with Crippen LogP contribution in [0.1, 0.15) is 43.0 Å². The lowest BCUT2D eigenvalue weighted by molar-refractivity contribution is 0.351. The van der Waals surface area contributed by atoms with E-state index in [1.807, 2.05) is 0 Å². The highest BCUT2D eigenvalue weighted by Crippen LogP contribution is 2.34. The molecule has 0 bridgehead atoms. The van der Waals surface area contributed by atoms with Gasteiger partial charge in [0.25, 0.3) is 0 Å². The fraction of sp³-hybridized carbons (Fsp3) is 0.429. The third kappa shape index (κ3) is 3.06. The number of halogens is 3. The highest BCUT2D eigenvalue weighted by Gasteiger charge is 2.35. The minimum absolute atomic E-state index is 0. The number of aromatic nitrogens is 2. The highest BCUT2D eigenvalue weighted by atomic mass is 35.5. The zero-order valence-electron chi connectivity index (χ0n) is 11.3. The molecule has 1 aromatic carbocycles. The molecule has 114 valence electrons. The molecule has 0 amide bonds. The maximum atomic E-state index is 13.6. The van der Waals surface area contributed by atoms with Gasteiger partial charge in [0.2, 0.25) is 5.89 Å². The van der Waals surface area contributed by atoms with Crippen LogP contribution in [0.15, 0.2) is 22.7 Å². The minimum atomic E-state index is -0.881. The molecule has 4 nitrogen and oxygen atoms in total. The Kier molecular flexibility index (Phi) is 4.58. The zero-order chi connectivity index (χ0) is 14.2. The Hall–Kier alpha value is -1.53. The predicted molar refractivity (Wildman–Crippen MR) is 75.0 cm³/mol. The van der Waals surface area contributed by atoms with Crippen LogP contribution >= 0.6 is 12.4 Å². The topological polar surface area (TPSA) is 64.9 Å². The number of nitrogens with two attached hydrogens (primary N) is 1. The van der Waals surface area contributed by atoms with Gasteiger partial charge in [-0.15, -0.1) is 12.4 Å². The molecule has 1 fully saturated rings. The molecule has 7 heteroatoms. The normalized spacial score (nSPS) is 16.7. The first kappa shape index (κ1) is 15.9. The molecule has 0 radical (unpaired) electrons. The molecule has 2 N–H and O–H groups in total. The second-order valence-electron chi connectivity index (χ2n) is 5.26. The molecule has 1 aliphatic rings. The van der Waals surface area contributed by atoms with Gasteiger partial charge in [0.05, 0.1) is 12.0 Å². The first-order chi connectivity index (χ1) is 9.58. The van der Waals surface area contributed by atoms with E-state index in [4.69, 9.17) is 10.3 Å². The second kappa shape index (κ2) is 6.07. The summed E-state index contributed by atoms with van der Waals surface area (Å²) in [4.78, 5) is 4.24. The van der Waals surface area contributed by atoms with E-state index in [-0.39, 0.29) is 30.3 Å². The van der Waals surface area contributed by atoms with E-state index in [2.05, 4.69) is 10.1 Å². The van der Waals surface area contributed by atoms with Crippen LogP contribution in [0.2, 0.25) is 0 Å². The van der Waals surface area contributed by atoms with Gasteiger partial charge in [-0.1, -0.05) is 30.1 Å². The van der Waals surface area contributed by atoms with Gasteiger partial charge in [-0.25, -0.2) is 8.78 Å². The summed E-state index contributed by atoms with van der Waals surface area (Å²) in [5.74, 6) is -1.05. The third-order valence-electron chi connectivity index (χ3n) is 3.78. The molecule has 0 saturated heterocycles. The van der Waals surface area contributed by atoms with Crippen molar-refractivity contribution in [2.24, 2.45) is 5.73 Å². The van der Waals surface area contributed by atoms with Gasteiger partial charge in [-0.2, -0.15) is 4.98 Å². The van der Waals surface area contributed by atoms with Crippen molar-refractivity contribution in [3.8, 4) is 0 Å². The first-order valence-corrected chi connectivity index (χ1v) is 6.63. The molecule has 1 aromatic heterocycles. The summed E-state index contributed by atoms with van der Waals surface area (Å²) in [7, 11) is 0. The molecule has 1 saturated carbocycles. The van der Waals surface area contributed by atoms with Crippen molar-refractivity contribution in [2.75, 3.05) is 0 Å². The first-order valence-electron chi connectivity index (χ1n) is 6.63. The van der Waals surface area contributed by atoms with Crippen LogP contribution < -0.4 is 5.73 Å². The van der Waals surface area contributed by atoms with Gasteiger partial charge >= 0.3 is 0 Å². The maximum Gasteiger partial charge on any atom is 0.231 e. The lowest BCUT2D eigenvalue weighted by atomic mass is 9.99. The van der Waals surface area contributed by atoms with E-state index in [0.29, 0.717) is 5.82 Å². The molecule has 0 aliphatic heterocycles. The Morgan fingerprint density at radius 1 is 1.24 bits per heavy atom. The van der Waals surface area contributed by atoms with E-state index < -0.39 is 17.2 Å². The van der Waals surface area contributed by atoms with Crippen LogP contribution in [0.4, 0.5) is 8.78 Å². The van der Waals surface area contributed by atoms with Crippen LogP contribution in [0.25, 0.3) is 0 Å². The Balaban J connectivity index is 0.00000161. The average Bonchev–Trinajstić information content (AvgIpc) is 3.05. The van der Waals surface area contributed by atoms with Gasteiger partial charge in [-0.05, 0) is 18.9 Å². The van der Waals surface area contributed by atoms with Crippen LogP contribution in [0.3, 0.4) is 0 Å². The van der Waals surface area contributed by atoms with Crippen molar-refractivity contribution in [2.45, 2.75) is 37.6 Å². The van der Waals surface area contributed by atoms with Crippen molar-refractivity contribution in [3.63, 3.8) is 0 Å². The van der Waals surface area contributed by atoms with Gasteiger partial charge in [0.15, 0.2) is 17.5 Å². The van der Waals surface area contributed by atoms with Crippen molar-refractivity contribution in [1.82, 2.24) is 10.1 Å². The summed E-state index contributed by atoms with van der Waals surface area (Å²) in [6, 6.07) is 4.02. The summed E-state index contributed by atoms with van der Waals surface area (Å²) in [5, 5.41) is 3.89. The van der Waals surface area contributed by atoms with Gasteiger partial charge in [0, 0.05) is 5.56 Å². The summed E-state index contributed by atoms with van der Waals surface area (Å²) >= 11 is 0. The van der Waals surface area contributed by atoms with Gasteiger partial charge in [0.1, 0.15) is 0 Å². The minimum Gasteiger partial charge on any atom is -0.339 e. The van der Waals surface area contributed by atoms with E-state index >= 15 is 0 Å². The Labute approximate surface area is 127 Å². The SMILES string of the molecule is Cl.NC1(c2noc(Cc3cccc(F)c3F)n2)CCCC1. The van der Waals surface area contributed by atoms with Gasteiger partial charge < -0.3 is 10.3 Å². The van der Waals surface area contributed by atoms with E-state index in [9.17, 15) is 8.78 Å². The monoisotopic (exact) mass is 315 g/mol. The predicted octanol–water partition coefficient (Wildman–Crippen LogP) is 3.09. The van der Waals surface area contributed by atoms with Crippen LogP contribution in [0.5, 0.6) is 0 Å².